The molecule has 2 heteroatoms. The summed E-state index contributed by atoms with van der Waals surface area (Å²) in [6, 6.07) is 4.10. The molecule has 0 radical (unpaired) electrons. The van der Waals surface area contributed by atoms with Crippen LogP contribution in [0.2, 0.25) is 0 Å². The van der Waals surface area contributed by atoms with Crippen LogP contribution >= 0.6 is 0 Å². The standard InChI is InChI=1S/C25H36F2/c1-2-5-19-8-13-22(14-9-19)23-15-10-20(11-16-23)6-3-4-7-21-12-17-24(26)25(27)18-21/h4,7,12,17-20,22-23H,2-3,5-6,8-11,13-16H2,1H3. The van der Waals surface area contributed by atoms with Crippen LogP contribution in [0.4, 0.5) is 8.78 Å². The van der Waals surface area contributed by atoms with Crippen molar-refractivity contribution < 1.29 is 8.78 Å². The third kappa shape index (κ3) is 6.16. The summed E-state index contributed by atoms with van der Waals surface area (Å²) in [5, 5.41) is 0. The highest BCUT2D eigenvalue weighted by Crippen LogP contribution is 2.42. The third-order valence-electron chi connectivity index (χ3n) is 7.14. The summed E-state index contributed by atoms with van der Waals surface area (Å²) in [7, 11) is 0. The first-order valence-electron chi connectivity index (χ1n) is 11.3. The van der Waals surface area contributed by atoms with Gasteiger partial charge in [-0.3, -0.25) is 0 Å². The predicted molar refractivity (Wildman–Crippen MR) is 110 cm³/mol. The quantitative estimate of drug-likeness (QED) is 0.451. The van der Waals surface area contributed by atoms with Gasteiger partial charge in [0, 0.05) is 0 Å². The van der Waals surface area contributed by atoms with E-state index in [4.69, 9.17) is 0 Å². The molecule has 0 N–H and O–H groups in total. The highest BCUT2D eigenvalue weighted by molar-refractivity contribution is 5.48. The van der Waals surface area contributed by atoms with Gasteiger partial charge in [0.2, 0.25) is 0 Å². The minimum absolute atomic E-state index is 0.747. The molecule has 150 valence electrons. The number of rotatable bonds is 7. The van der Waals surface area contributed by atoms with E-state index in [0.29, 0.717) is 0 Å². The normalized spacial score (nSPS) is 29.3. The van der Waals surface area contributed by atoms with Gasteiger partial charge in [0.1, 0.15) is 0 Å². The predicted octanol–water partition coefficient (Wildman–Crippen LogP) is 8.17. The van der Waals surface area contributed by atoms with E-state index in [1.54, 1.807) is 6.07 Å². The molecule has 0 bridgehead atoms. The largest absolute Gasteiger partial charge is 0.204 e. The zero-order chi connectivity index (χ0) is 19.1. The van der Waals surface area contributed by atoms with E-state index in [2.05, 4.69) is 13.0 Å². The van der Waals surface area contributed by atoms with Crippen molar-refractivity contribution in [3.8, 4) is 0 Å². The van der Waals surface area contributed by atoms with Crippen LogP contribution in [-0.2, 0) is 0 Å². The van der Waals surface area contributed by atoms with Crippen molar-refractivity contribution in [2.24, 2.45) is 23.7 Å². The molecule has 0 atom stereocenters. The van der Waals surface area contributed by atoms with Crippen LogP contribution in [-0.4, -0.2) is 0 Å². The van der Waals surface area contributed by atoms with Gasteiger partial charge in [0.25, 0.3) is 0 Å². The third-order valence-corrected chi connectivity index (χ3v) is 7.14. The SMILES string of the molecule is CCCC1CCC(C2CCC(CCC=Cc3ccc(F)c(F)c3)CC2)CC1. The average Bonchev–Trinajstić information content (AvgIpc) is 2.69. The average molecular weight is 375 g/mol. The summed E-state index contributed by atoms with van der Waals surface area (Å²) in [6.45, 7) is 2.32. The Morgan fingerprint density at radius 2 is 1.41 bits per heavy atom. The maximum Gasteiger partial charge on any atom is 0.159 e. The molecule has 2 aliphatic carbocycles. The number of hydrogen-bond acceptors (Lipinski definition) is 0. The summed E-state index contributed by atoms with van der Waals surface area (Å²) in [5.74, 6) is 2.33. The van der Waals surface area contributed by atoms with Crippen molar-refractivity contribution in [3.05, 3.63) is 41.5 Å². The van der Waals surface area contributed by atoms with Crippen LogP contribution in [0, 0.1) is 35.3 Å². The van der Waals surface area contributed by atoms with Gasteiger partial charge >= 0.3 is 0 Å². The second-order valence-corrected chi connectivity index (χ2v) is 9.00. The Balaban J connectivity index is 1.34. The van der Waals surface area contributed by atoms with E-state index in [1.807, 2.05) is 6.08 Å². The summed E-state index contributed by atoms with van der Waals surface area (Å²) in [6.07, 6.45) is 20.7. The maximum absolute atomic E-state index is 13.2. The summed E-state index contributed by atoms with van der Waals surface area (Å²) < 4.78 is 26.2. The molecule has 0 nitrogen and oxygen atoms in total. The number of halogens is 2. The minimum atomic E-state index is -0.775. The molecule has 1 aromatic carbocycles. The van der Waals surface area contributed by atoms with Crippen molar-refractivity contribution in [2.75, 3.05) is 0 Å². The molecule has 27 heavy (non-hydrogen) atoms. The van der Waals surface area contributed by atoms with E-state index in [1.165, 1.54) is 82.8 Å². The Labute approximate surface area is 164 Å². The van der Waals surface area contributed by atoms with Crippen molar-refractivity contribution in [2.45, 2.75) is 84.0 Å². The molecule has 2 aliphatic rings. The van der Waals surface area contributed by atoms with Crippen molar-refractivity contribution in [3.63, 3.8) is 0 Å². The van der Waals surface area contributed by atoms with Crippen LogP contribution in [0.5, 0.6) is 0 Å². The molecule has 0 spiro atoms. The van der Waals surface area contributed by atoms with Gasteiger partial charge < -0.3 is 0 Å². The van der Waals surface area contributed by atoms with Crippen LogP contribution in [0.15, 0.2) is 24.3 Å². The molecule has 1 aromatic rings. The first-order chi connectivity index (χ1) is 13.2. The lowest BCUT2D eigenvalue weighted by Crippen LogP contribution is -2.25. The molecule has 2 saturated carbocycles. The van der Waals surface area contributed by atoms with E-state index in [9.17, 15) is 8.78 Å². The minimum Gasteiger partial charge on any atom is -0.204 e. The molecular weight excluding hydrogens is 338 g/mol. The second-order valence-electron chi connectivity index (χ2n) is 9.00. The van der Waals surface area contributed by atoms with E-state index in [0.717, 1.165) is 35.7 Å². The molecule has 3 rings (SSSR count). The lowest BCUT2D eigenvalue weighted by molar-refractivity contribution is 0.141. The van der Waals surface area contributed by atoms with Crippen LogP contribution in [0.25, 0.3) is 6.08 Å². The monoisotopic (exact) mass is 374 g/mol. The fourth-order valence-corrected chi connectivity index (χ4v) is 5.47. The molecule has 0 saturated heterocycles. The Kier molecular flexibility index (Phi) is 7.91. The van der Waals surface area contributed by atoms with Gasteiger partial charge in [0.15, 0.2) is 11.6 Å². The lowest BCUT2D eigenvalue weighted by Gasteiger charge is -2.38. The van der Waals surface area contributed by atoms with Crippen molar-refractivity contribution >= 4 is 6.08 Å². The van der Waals surface area contributed by atoms with Gasteiger partial charge in [0.05, 0.1) is 0 Å². The maximum atomic E-state index is 13.2. The lowest BCUT2D eigenvalue weighted by atomic mass is 9.68. The Morgan fingerprint density at radius 3 is 1.96 bits per heavy atom. The molecule has 0 heterocycles. The highest BCUT2D eigenvalue weighted by atomic mass is 19.2. The molecule has 0 aromatic heterocycles. The highest BCUT2D eigenvalue weighted by Gasteiger charge is 2.30. The smallest absolute Gasteiger partial charge is 0.159 e. The second kappa shape index (κ2) is 10.4. The first kappa shape index (κ1) is 20.6. The first-order valence-corrected chi connectivity index (χ1v) is 11.3. The zero-order valence-corrected chi connectivity index (χ0v) is 16.9. The molecule has 2 fully saturated rings. The van der Waals surface area contributed by atoms with E-state index < -0.39 is 11.6 Å². The van der Waals surface area contributed by atoms with Crippen LogP contribution in [0.3, 0.4) is 0 Å². The number of hydrogen-bond donors (Lipinski definition) is 0. The van der Waals surface area contributed by atoms with Crippen molar-refractivity contribution in [1.82, 2.24) is 0 Å². The fraction of sp³-hybridized carbons (Fsp3) is 0.680. The van der Waals surface area contributed by atoms with Gasteiger partial charge in [-0.05, 0) is 79.9 Å². The Bertz CT molecular complexity index is 590. The van der Waals surface area contributed by atoms with Gasteiger partial charge in [-0.25, -0.2) is 8.78 Å². The van der Waals surface area contributed by atoms with Crippen LogP contribution in [0.1, 0.15) is 89.5 Å². The number of allylic oxidation sites excluding steroid dienone is 1. The summed E-state index contributed by atoms with van der Waals surface area (Å²) in [5.41, 5.74) is 0.747. The molecular formula is C25H36F2. The summed E-state index contributed by atoms with van der Waals surface area (Å²) >= 11 is 0. The van der Waals surface area contributed by atoms with Crippen LogP contribution < -0.4 is 0 Å². The van der Waals surface area contributed by atoms with Crippen molar-refractivity contribution in [1.29, 1.82) is 0 Å². The van der Waals surface area contributed by atoms with E-state index in [-0.39, 0.29) is 0 Å². The van der Waals surface area contributed by atoms with Gasteiger partial charge in [-0.1, -0.05) is 63.7 Å². The fourth-order valence-electron chi connectivity index (χ4n) is 5.47. The molecule has 0 aliphatic heterocycles. The number of benzene rings is 1. The van der Waals surface area contributed by atoms with Gasteiger partial charge in [-0.2, -0.15) is 0 Å². The van der Waals surface area contributed by atoms with E-state index >= 15 is 0 Å². The Morgan fingerprint density at radius 1 is 0.815 bits per heavy atom. The Hall–Kier alpha value is -1.18. The van der Waals surface area contributed by atoms with Gasteiger partial charge in [-0.15, -0.1) is 0 Å². The molecule has 0 amide bonds. The zero-order valence-electron chi connectivity index (χ0n) is 16.9. The topological polar surface area (TPSA) is 0 Å². The molecule has 0 unspecified atom stereocenters. The summed E-state index contributed by atoms with van der Waals surface area (Å²) in [4.78, 5) is 0.